The molecule has 1 aliphatic heterocycles. The van der Waals surface area contributed by atoms with Gasteiger partial charge in [-0.1, -0.05) is 17.7 Å². The van der Waals surface area contributed by atoms with Crippen molar-refractivity contribution in [3.8, 4) is 5.75 Å². The van der Waals surface area contributed by atoms with Crippen LogP contribution in [-0.4, -0.2) is 38.8 Å². The van der Waals surface area contributed by atoms with Gasteiger partial charge in [-0.05, 0) is 55.7 Å². The van der Waals surface area contributed by atoms with Crippen molar-refractivity contribution in [2.45, 2.75) is 30.3 Å². The van der Waals surface area contributed by atoms with Crippen LogP contribution in [0.25, 0.3) is 0 Å². The quantitative estimate of drug-likeness (QED) is 0.699. The van der Waals surface area contributed by atoms with Gasteiger partial charge in [0.05, 0.1) is 11.7 Å². The van der Waals surface area contributed by atoms with Gasteiger partial charge in [-0.2, -0.15) is 0 Å². The van der Waals surface area contributed by atoms with Gasteiger partial charge in [-0.15, -0.1) is 0 Å². The molecule has 28 heavy (non-hydrogen) atoms. The Kier molecular flexibility index (Phi) is 6.43. The van der Waals surface area contributed by atoms with Crippen molar-refractivity contribution in [1.82, 2.24) is 0 Å². The first kappa shape index (κ1) is 20.4. The predicted molar refractivity (Wildman–Crippen MR) is 105 cm³/mol. The van der Waals surface area contributed by atoms with Gasteiger partial charge in [0.2, 0.25) is 0 Å². The standard InChI is InChI=1S/C19H20ClNO6S/c20-14-7-8-17(27-12-16-6-1-2-9-26-16)18(11-14)28(24,25)21-15-5-3-4-13(10-15)19(22)23/h3-5,7-8,10-11,16,21H,1-2,6,9,12H2,(H,22,23)/t16-/m0/s1. The zero-order valence-corrected chi connectivity index (χ0v) is 16.5. The number of nitrogens with one attached hydrogen (secondary N) is 1. The minimum Gasteiger partial charge on any atom is -0.489 e. The first-order valence-electron chi connectivity index (χ1n) is 8.75. The first-order chi connectivity index (χ1) is 13.3. The maximum absolute atomic E-state index is 12.9. The lowest BCUT2D eigenvalue weighted by atomic mass is 10.1. The van der Waals surface area contributed by atoms with Gasteiger partial charge in [0.15, 0.2) is 0 Å². The summed E-state index contributed by atoms with van der Waals surface area (Å²) in [5.41, 5.74) is 0.0960. The van der Waals surface area contributed by atoms with Crippen LogP contribution in [0.1, 0.15) is 29.6 Å². The normalized spacial score (nSPS) is 17.1. The Hall–Kier alpha value is -2.29. The van der Waals surface area contributed by atoms with E-state index in [0.29, 0.717) is 6.61 Å². The van der Waals surface area contributed by atoms with E-state index in [0.717, 1.165) is 19.3 Å². The molecule has 2 aromatic carbocycles. The van der Waals surface area contributed by atoms with Crippen molar-refractivity contribution < 1.29 is 27.8 Å². The fourth-order valence-electron chi connectivity index (χ4n) is 2.86. The van der Waals surface area contributed by atoms with Crippen molar-refractivity contribution in [2.75, 3.05) is 17.9 Å². The molecule has 0 aliphatic carbocycles. The summed E-state index contributed by atoms with van der Waals surface area (Å²) in [5.74, 6) is -0.999. The summed E-state index contributed by atoms with van der Waals surface area (Å²) < 4.78 is 39.5. The van der Waals surface area contributed by atoms with E-state index in [-0.39, 0.29) is 39.6 Å². The minimum absolute atomic E-state index is 0.0304. The molecule has 0 saturated carbocycles. The molecule has 1 aliphatic rings. The molecular weight excluding hydrogens is 406 g/mol. The van der Waals surface area contributed by atoms with Crippen molar-refractivity contribution in [1.29, 1.82) is 0 Å². The van der Waals surface area contributed by atoms with Crippen LogP contribution in [0.3, 0.4) is 0 Å². The van der Waals surface area contributed by atoms with E-state index in [1.54, 1.807) is 6.07 Å². The average Bonchev–Trinajstić information content (AvgIpc) is 2.67. The molecule has 150 valence electrons. The van der Waals surface area contributed by atoms with Gasteiger partial charge in [0.25, 0.3) is 10.0 Å². The number of hydrogen-bond donors (Lipinski definition) is 2. The van der Waals surface area contributed by atoms with Crippen molar-refractivity contribution >= 4 is 33.3 Å². The molecule has 0 radical (unpaired) electrons. The van der Waals surface area contributed by atoms with E-state index in [2.05, 4.69) is 4.72 Å². The van der Waals surface area contributed by atoms with Crippen LogP contribution >= 0.6 is 11.6 Å². The minimum atomic E-state index is -4.06. The number of rotatable bonds is 7. The third-order valence-corrected chi connectivity index (χ3v) is 5.89. The van der Waals surface area contributed by atoms with Crippen molar-refractivity contribution in [3.05, 3.63) is 53.1 Å². The molecule has 7 nitrogen and oxygen atoms in total. The number of carbonyl (C=O) groups is 1. The zero-order chi connectivity index (χ0) is 20.1. The SMILES string of the molecule is O=C(O)c1cccc(NS(=O)(=O)c2cc(Cl)ccc2OC[C@@H]2CCCCO2)c1. The van der Waals surface area contributed by atoms with Crippen LogP contribution in [0.15, 0.2) is 47.4 Å². The number of aromatic carboxylic acids is 1. The van der Waals surface area contributed by atoms with Gasteiger partial charge >= 0.3 is 5.97 Å². The van der Waals surface area contributed by atoms with E-state index < -0.39 is 16.0 Å². The zero-order valence-electron chi connectivity index (χ0n) is 14.9. The number of ether oxygens (including phenoxy) is 2. The number of anilines is 1. The highest BCUT2D eigenvalue weighted by Crippen LogP contribution is 2.30. The molecule has 0 bridgehead atoms. The van der Waals surface area contributed by atoms with Crippen LogP contribution in [0.4, 0.5) is 5.69 Å². The number of halogens is 1. The molecule has 9 heteroatoms. The molecule has 0 amide bonds. The van der Waals surface area contributed by atoms with E-state index >= 15 is 0 Å². The fraction of sp³-hybridized carbons (Fsp3) is 0.316. The second-order valence-electron chi connectivity index (χ2n) is 6.38. The Balaban J connectivity index is 1.83. The number of carboxylic acids is 1. The smallest absolute Gasteiger partial charge is 0.335 e. The topological polar surface area (TPSA) is 102 Å². The second kappa shape index (κ2) is 8.81. The lowest BCUT2D eigenvalue weighted by Gasteiger charge is -2.23. The Morgan fingerprint density at radius 2 is 2.07 bits per heavy atom. The lowest BCUT2D eigenvalue weighted by Crippen LogP contribution is -2.26. The van der Waals surface area contributed by atoms with E-state index in [9.17, 15) is 13.2 Å². The average molecular weight is 426 g/mol. The Bertz CT molecular complexity index is 957. The Morgan fingerprint density at radius 3 is 2.79 bits per heavy atom. The highest BCUT2D eigenvalue weighted by Gasteiger charge is 2.23. The van der Waals surface area contributed by atoms with E-state index in [4.69, 9.17) is 26.2 Å². The summed E-state index contributed by atoms with van der Waals surface area (Å²) in [6.45, 7) is 0.903. The highest BCUT2D eigenvalue weighted by molar-refractivity contribution is 7.92. The maximum Gasteiger partial charge on any atom is 0.335 e. The monoisotopic (exact) mass is 425 g/mol. The molecule has 2 aromatic rings. The van der Waals surface area contributed by atoms with Crippen molar-refractivity contribution in [3.63, 3.8) is 0 Å². The predicted octanol–water partition coefficient (Wildman–Crippen LogP) is 3.79. The van der Waals surface area contributed by atoms with E-state index in [1.807, 2.05) is 0 Å². The summed E-state index contributed by atoms with van der Waals surface area (Å²) in [6.07, 6.45) is 2.83. The number of benzene rings is 2. The van der Waals surface area contributed by atoms with Crippen LogP contribution in [-0.2, 0) is 14.8 Å². The number of carboxylic acid groups (broad SMARTS) is 1. The number of sulfonamides is 1. The fourth-order valence-corrected chi connectivity index (χ4v) is 4.32. The van der Waals surface area contributed by atoms with Crippen LogP contribution < -0.4 is 9.46 Å². The largest absolute Gasteiger partial charge is 0.489 e. The third kappa shape index (κ3) is 5.15. The van der Waals surface area contributed by atoms with Crippen molar-refractivity contribution in [2.24, 2.45) is 0 Å². The van der Waals surface area contributed by atoms with Gasteiger partial charge < -0.3 is 14.6 Å². The summed E-state index contributed by atoms with van der Waals surface area (Å²) in [7, 11) is -4.06. The summed E-state index contributed by atoms with van der Waals surface area (Å²) in [4.78, 5) is 11.0. The van der Waals surface area contributed by atoms with Crippen LogP contribution in [0, 0.1) is 0 Å². The summed E-state index contributed by atoms with van der Waals surface area (Å²) >= 11 is 5.99. The molecule has 0 spiro atoms. The summed E-state index contributed by atoms with van der Waals surface area (Å²) in [5, 5.41) is 9.31. The van der Waals surface area contributed by atoms with Gasteiger partial charge in [-0.25, -0.2) is 13.2 Å². The van der Waals surface area contributed by atoms with Gasteiger partial charge in [0.1, 0.15) is 17.3 Å². The second-order valence-corrected chi connectivity index (χ2v) is 8.47. The molecule has 2 N–H and O–H groups in total. The molecule has 1 heterocycles. The van der Waals surface area contributed by atoms with E-state index in [1.165, 1.54) is 36.4 Å². The third-order valence-electron chi connectivity index (χ3n) is 4.26. The lowest BCUT2D eigenvalue weighted by molar-refractivity contribution is -0.0116. The molecule has 1 atom stereocenters. The molecule has 0 aromatic heterocycles. The first-order valence-corrected chi connectivity index (χ1v) is 10.6. The highest BCUT2D eigenvalue weighted by atomic mass is 35.5. The van der Waals surface area contributed by atoms with Crippen LogP contribution in [0.5, 0.6) is 5.75 Å². The molecule has 3 rings (SSSR count). The Labute approximate surface area is 168 Å². The number of hydrogen-bond acceptors (Lipinski definition) is 5. The molecular formula is C19H20ClNO6S. The van der Waals surface area contributed by atoms with Gasteiger partial charge in [-0.3, -0.25) is 4.72 Å². The van der Waals surface area contributed by atoms with Gasteiger partial charge in [0, 0.05) is 17.3 Å². The van der Waals surface area contributed by atoms with Crippen LogP contribution in [0.2, 0.25) is 5.02 Å². The maximum atomic E-state index is 12.9. The molecule has 0 unspecified atom stereocenters. The molecule has 1 fully saturated rings. The molecule has 1 saturated heterocycles. The Morgan fingerprint density at radius 1 is 1.25 bits per heavy atom. The summed E-state index contributed by atoms with van der Waals surface area (Å²) in [6, 6.07) is 9.86.